The van der Waals surface area contributed by atoms with Crippen molar-refractivity contribution in [1.29, 1.82) is 0 Å². The Kier molecular flexibility index (Phi) is 65.2. The van der Waals surface area contributed by atoms with Crippen LogP contribution in [0.1, 0.15) is 389 Å². The van der Waals surface area contributed by atoms with Crippen molar-refractivity contribution in [1.82, 2.24) is 0 Å². The highest BCUT2D eigenvalue weighted by Crippen LogP contribution is 2.45. The lowest BCUT2D eigenvalue weighted by Crippen LogP contribution is -2.30. The van der Waals surface area contributed by atoms with Gasteiger partial charge in [0, 0.05) is 25.7 Å². The molecular weight excluding hydrogens is 1250 g/mol. The van der Waals surface area contributed by atoms with Gasteiger partial charge in [-0.05, 0) is 43.4 Å². The summed E-state index contributed by atoms with van der Waals surface area (Å²) in [5.41, 5.74) is 0. The first kappa shape index (κ1) is 93.1. The predicted molar refractivity (Wildman–Crippen MR) is 386 cm³/mol. The molecule has 2 unspecified atom stereocenters. The molecule has 0 aliphatic carbocycles. The molecule has 0 aromatic heterocycles. The lowest BCUT2D eigenvalue weighted by molar-refractivity contribution is -0.161. The first-order valence-corrected chi connectivity index (χ1v) is 42.3. The molecule has 564 valence electrons. The summed E-state index contributed by atoms with van der Waals surface area (Å²) in [6.07, 6.45) is 53.1. The number of hydrogen-bond acceptors (Lipinski definition) is 15. The summed E-state index contributed by atoms with van der Waals surface area (Å²) in [6.45, 7) is 11.9. The molecule has 5 atom stereocenters. The maximum Gasteiger partial charge on any atom is 0.472 e. The molecule has 0 aliphatic rings. The zero-order valence-electron chi connectivity index (χ0n) is 62.1. The Morgan fingerprint density at radius 2 is 0.484 bits per heavy atom. The molecule has 95 heavy (non-hydrogen) atoms. The van der Waals surface area contributed by atoms with E-state index in [1.807, 2.05) is 0 Å². The van der Waals surface area contributed by atoms with Gasteiger partial charge in [-0.15, -0.1) is 0 Å². The molecule has 0 aromatic rings. The Labute approximate surface area is 581 Å². The summed E-state index contributed by atoms with van der Waals surface area (Å²) in [5, 5.41) is 10.6. The summed E-state index contributed by atoms with van der Waals surface area (Å²) >= 11 is 0. The molecule has 0 heterocycles. The van der Waals surface area contributed by atoms with E-state index in [2.05, 4.69) is 48.5 Å². The normalized spacial score (nSPS) is 14.1. The lowest BCUT2D eigenvalue weighted by Gasteiger charge is -2.21. The van der Waals surface area contributed by atoms with Gasteiger partial charge in [-0.2, -0.15) is 0 Å². The molecule has 0 saturated carbocycles. The summed E-state index contributed by atoms with van der Waals surface area (Å²) in [7, 11) is -9.90. The highest BCUT2D eigenvalue weighted by molar-refractivity contribution is 7.47. The van der Waals surface area contributed by atoms with Gasteiger partial charge >= 0.3 is 39.5 Å². The number of unbranched alkanes of at least 4 members (excludes halogenated alkanes) is 42. The number of hydrogen-bond donors (Lipinski definition) is 3. The smallest absolute Gasteiger partial charge is 0.462 e. The molecule has 0 spiro atoms. The minimum atomic E-state index is -4.96. The van der Waals surface area contributed by atoms with Gasteiger partial charge < -0.3 is 33.8 Å². The van der Waals surface area contributed by atoms with Crippen LogP contribution in [-0.4, -0.2) is 96.7 Å². The third kappa shape index (κ3) is 70.3. The van der Waals surface area contributed by atoms with Crippen LogP contribution in [0.25, 0.3) is 0 Å². The Morgan fingerprint density at radius 1 is 0.284 bits per heavy atom. The van der Waals surface area contributed by atoms with Crippen molar-refractivity contribution in [3.8, 4) is 0 Å². The van der Waals surface area contributed by atoms with Crippen LogP contribution < -0.4 is 0 Å². The van der Waals surface area contributed by atoms with Gasteiger partial charge in [-0.1, -0.05) is 337 Å². The summed E-state index contributed by atoms with van der Waals surface area (Å²) in [5.74, 6) is 0.253. The second-order valence-electron chi connectivity index (χ2n) is 28.8. The Hall–Kier alpha value is -1.94. The van der Waals surface area contributed by atoms with E-state index in [0.717, 1.165) is 114 Å². The van der Waals surface area contributed by atoms with Crippen molar-refractivity contribution < 1.29 is 80.2 Å². The number of phosphoric acid groups is 2. The highest BCUT2D eigenvalue weighted by Gasteiger charge is 2.30. The van der Waals surface area contributed by atoms with Gasteiger partial charge in [-0.3, -0.25) is 37.3 Å². The maximum atomic E-state index is 13.1. The number of carbonyl (C=O) groups is 4. The summed E-state index contributed by atoms with van der Waals surface area (Å²) < 4.78 is 68.3. The van der Waals surface area contributed by atoms with E-state index in [0.29, 0.717) is 25.7 Å². The Balaban J connectivity index is 5.14. The van der Waals surface area contributed by atoms with Gasteiger partial charge in [0.05, 0.1) is 26.4 Å². The Bertz CT molecular complexity index is 1850. The number of ether oxygens (including phenoxy) is 4. The van der Waals surface area contributed by atoms with Crippen LogP contribution in [0.5, 0.6) is 0 Å². The summed E-state index contributed by atoms with van der Waals surface area (Å²) in [4.78, 5) is 72.6. The van der Waals surface area contributed by atoms with E-state index in [9.17, 15) is 43.2 Å². The largest absolute Gasteiger partial charge is 0.472 e. The van der Waals surface area contributed by atoms with E-state index in [1.165, 1.54) is 193 Å². The third-order valence-electron chi connectivity index (χ3n) is 17.6. The molecule has 0 saturated heterocycles. The fraction of sp³-hybridized carbons (Fsp3) is 0.947. The van der Waals surface area contributed by atoms with Crippen LogP contribution in [0, 0.1) is 17.8 Å². The van der Waals surface area contributed by atoms with Crippen LogP contribution in [-0.2, 0) is 65.4 Å². The quantitative estimate of drug-likeness (QED) is 0.0222. The molecule has 0 fully saturated rings. The Morgan fingerprint density at radius 3 is 0.716 bits per heavy atom. The average molecular weight is 1400 g/mol. The SMILES string of the molecule is CCCCCCCC(=O)OC[C@H](COP(=O)(O)OC[C@H](O)COP(=O)(O)OC[C@@H](COC(=O)CCCCCCCCCCCCCCCCC(C)C)OC(=O)CCCCCCCCCCCCCCCCC(C)C)OC(=O)CCCCCCCCCCCCCCCC(C)C. The van der Waals surface area contributed by atoms with Gasteiger partial charge in [0.15, 0.2) is 12.2 Å². The van der Waals surface area contributed by atoms with Crippen molar-refractivity contribution in [2.75, 3.05) is 39.6 Å². The van der Waals surface area contributed by atoms with E-state index < -0.39 is 97.5 Å². The molecule has 0 amide bonds. The second kappa shape index (κ2) is 66.6. The van der Waals surface area contributed by atoms with Gasteiger partial charge in [0.25, 0.3) is 0 Å². The molecule has 0 bridgehead atoms. The predicted octanol–water partition coefficient (Wildman–Crippen LogP) is 22.2. The van der Waals surface area contributed by atoms with Crippen LogP contribution in [0.2, 0.25) is 0 Å². The second-order valence-corrected chi connectivity index (χ2v) is 31.7. The average Bonchev–Trinajstić information content (AvgIpc) is 1.26. The first-order chi connectivity index (χ1) is 45.7. The van der Waals surface area contributed by atoms with Crippen molar-refractivity contribution in [3.63, 3.8) is 0 Å². The monoisotopic (exact) mass is 1400 g/mol. The van der Waals surface area contributed by atoms with Gasteiger partial charge in [0.1, 0.15) is 19.3 Å². The lowest BCUT2D eigenvalue weighted by atomic mass is 10.0. The number of aliphatic hydroxyl groups excluding tert-OH is 1. The molecule has 0 aliphatic heterocycles. The van der Waals surface area contributed by atoms with Crippen LogP contribution >= 0.6 is 15.6 Å². The minimum absolute atomic E-state index is 0.106. The molecule has 17 nitrogen and oxygen atoms in total. The highest BCUT2D eigenvalue weighted by atomic mass is 31.2. The van der Waals surface area contributed by atoms with Gasteiger partial charge in [-0.25, -0.2) is 9.13 Å². The zero-order chi connectivity index (χ0) is 70.1. The topological polar surface area (TPSA) is 237 Å². The third-order valence-corrected chi connectivity index (χ3v) is 19.5. The van der Waals surface area contributed by atoms with E-state index in [1.54, 1.807) is 0 Å². The first-order valence-electron chi connectivity index (χ1n) is 39.3. The number of aliphatic hydroxyl groups is 1. The van der Waals surface area contributed by atoms with E-state index in [4.69, 9.17) is 37.0 Å². The number of phosphoric ester groups is 2. The molecule has 0 radical (unpaired) electrons. The number of rotatable bonds is 74. The fourth-order valence-corrected chi connectivity index (χ4v) is 13.2. The van der Waals surface area contributed by atoms with Crippen molar-refractivity contribution >= 4 is 39.5 Å². The number of carbonyl (C=O) groups excluding carboxylic acids is 4. The number of esters is 4. The summed E-state index contributed by atoms with van der Waals surface area (Å²) in [6, 6.07) is 0. The van der Waals surface area contributed by atoms with Crippen molar-refractivity contribution in [2.45, 2.75) is 407 Å². The molecule has 19 heteroatoms. The van der Waals surface area contributed by atoms with Crippen molar-refractivity contribution in [2.24, 2.45) is 17.8 Å². The zero-order valence-corrected chi connectivity index (χ0v) is 63.9. The van der Waals surface area contributed by atoms with E-state index in [-0.39, 0.29) is 25.7 Å². The maximum absolute atomic E-state index is 13.1. The van der Waals surface area contributed by atoms with Crippen molar-refractivity contribution in [3.05, 3.63) is 0 Å². The minimum Gasteiger partial charge on any atom is -0.462 e. The fourth-order valence-electron chi connectivity index (χ4n) is 11.6. The molecular formula is C76H148O17P2. The molecule has 0 aromatic carbocycles. The van der Waals surface area contributed by atoms with Crippen LogP contribution in [0.15, 0.2) is 0 Å². The standard InChI is InChI=1S/C76H148O17P2/c1-8-9-10-40-50-57-73(78)86-63-71(92-75(80)59-53-46-39-33-27-21-15-18-24-30-36-43-49-56-69(6)7)65-90-94(82,83)88-61-70(77)62-89-95(84,85)91-66-72(93-76(81)60-52-45-38-32-26-20-14-12-17-23-29-35-42-48-55-68(4)5)64-87-74(79)58-51-44-37-31-25-19-13-11-16-22-28-34-41-47-54-67(2)3/h67-72,77H,8-66H2,1-7H3,(H,82,83)(H,84,85)/t70-,71+,72+/m0/s1. The van der Waals surface area contributed by atoms with Crippen LogP contribution in [0.3, 0.4) is 0 Å². The molecule has 3 N–H and O–H groups in total. The van der Waals surface area contributed by atoms with Crippen LogP contribution in [0.4, 0.5) is 0 Å². The van der Waals surface area contributed by atoms with E-state index >= 15 is 0 Å². The molecule has 0 rings (SSSR count). The van der Waals surface area contributed by atoms with Gasteiger partial charge in [0.2, 0.25) is 0 Å².